The monoisotopic (exact) mass is 318 g/mol. The first-order valence-electron chi connectivity index (χ1n) is 6.44. The van der Waals surface area contributed by atoms with Gasteiger partial charge in [0.05, 0.1) is 23.4 Å². The molecular weight excluding hydrogens is 308 g/mol. The first-order chi connectivity index (χ1) is 10.5. The summed E-state index contributed by atoms with van der Waals surface area (Å²) in [7, 11) is 0. The van der Waals surface area contributed by atoms with E-state index < -0.39 is 17.4 Å². The van der Waals surface area contributed by atoms with E-state index in [0.717, 1.165) is 0 Å². The molecule has 2 aromatic rings. The Kier molecular flexibility index (Phi) is 3.46. The molecule has 0 saturated carbocycles. The summed E-state index contributed by atoms with van der Waals surface area (Å²) in [5, 5.41) is 10.0. The predicted molar refractivity (Wildman–Crippen MR) is 79.1 cm³/mol. The second-order valence-corrected chi connectivity index (χ2v) is 5.25. The highest BCUT2D eigenvalue weighted by atomic mass is 35.5. The molecule has 112 valence electrons. The van der Waals surface area contributed by atoms with Crippen LogP contribution in [0.25, 0.3) is 0 Å². The summed E-state index contributed by atoms with van der Waals surface area (Å²) >= 11 is 5.88. The molecule has 0 radical (unpaired) electrons. The number of carboxylic acid groups (broad SMARTS) is 1. The number of fused-ring (bicyclic) bond motifs is 1. The van der Waals surface area contributed by atoms with Crippen molar-refractivity contribution in [2.45, 2.75) is 12.8 Å². The molecule has 1 atom stereocenters. The van der Waals surface area contributed by atoms with Gasteiger partial charge < -0.3 is 14.8 Å². The third kappa shape index (κ3) is 2.27. The normalized spacial score (nSPS) is 16.9. The van der Waals surface area contributed by atoms with Crippen LogP contribution < -0.4 is 10.3 Å². The fourth-order valence-corrected chi connectivity index (χ4v) is 2.67. The molecule has 6 nitrogen and oxygen atoms in total. The Morgan fingerprint density at radius 1 is 1.36 bits per heavy atom. The fraction of sp³-hybridized carbons (Fsp3) is 0.133. The van der Waals surface area contributed by atoms with E-state index in [4.69, 9.17) is 16.3 Å². The molecule has 1 aromatic carbocycles. The lowest BCUT2D eigenvalue weighted by Gasteiger charge is -2.26. The van der Waals surface area contributed by atoms with Gasteiger partial charge in [0.25, 0.3) is 5.56 Å². The van der Waals surface area contributed by atoms with Crippen molar-refractivity contribution in [3.63, 3.8) is 0 Å². The number of carbonyl (C=O) groups is 1. The number of nitrogens with one attached hydrogen (secondary N) is 1. The molecule has 3 rings (SSSR count). The Hall–Kier alpha value is -2.60. The van der Waals surface area contributed by atoms with Gasteiger partial charge in [-0.15, -0.1) is 0 Å². The number of halogens is 1. The second-order valence-electron chi connectivity index (χ2n) is 4.81. The van der Waals surface area contributed by atoms with E-state index in [-0.39, 0.29) is 22.8 Å². The van der Waals surface area contributed by atoms with Gasteiger partial charge >= 0.3 is 5.97 Å². The summed E-state index contributed by atoms with van der Waals surface area (Å²) in [6, 6.07) is 6.66. The lowest BCUT2D eigenvalue weighted by molar-refractivity contribution is -0.133. The molecule has 22 heavy (non-hydrogen) atoms. The molecular formula is C15H11ClN2O4. The number of hydrogen-bond acceptors (Lipinski definition) is 4. The van der Waals surface area contributed by atoms with Gasteiger partial charge in [-0.05, 0) is 24.6 Å². The Morgan fingerprint density at radius 2 is 2.05 bits per heavy atom. The molecule has 2 heterocycles. The highest BCUT2D eigenvalue weighted by Gasteiger charge is 2.36. The van der Waals surface area contributed by atoms with Crippen LogP contribution in [-0.4, -0.2) is 21.0 Å². The third-order valence-electron chi connectivity index (χ3n) is 3.49. The quantitative estimate of drug-likeness (QED) is 0.886. The number of aromatic nitrogens is 2. The van der Waals surface area contributed by atoms with Crippen LogP contribution in [0.2, 0.25) is 5.02 Å². The minimum atomic E-state index is -1.15. The van der Waals surface area contributed by atoms with Gasteiger partial charge in [-0.3, -0.25) is 4.79 Å². The average molecular weight is 319 g/mol. The Bertz CT molecular complexity index is 839. The highest BCUT2D eigenvalue weighted by Crippen LogP contribution is 2.40. The van der Waals surface area contributed by atoms with Crippen molar-refractivity contribution in [3.05, 3.63) is 68.4 Å². The second kappa shape index (κ2) is 5.31. The number of rotatable bonds is 2. The largest absolute Gasteiger partial charge is 0.478 e. The maximum atomic E-state index is 12.2. The van der Waals surface area contributed by atoms with E-state index in [1.165, 1.54) is 13.3 Å². The molecule has 0 amide bonds. The topological polar surface area (TPSA) is 92.3 Å². The van der Waals surface area contributed by atoms with Crippen molar-refractivity contribution in [3.8, 4) is 5.88 Å². The van der Waals surface area contributed by atoms with Gasteiger partial charge in [0.1, 0.15) is 5.76 Å². The molecule has 0 spiro atoms. The smallest absolute Gasteiger partial charge is 0.335 e. The molecule has 0 fully saturated rings. The molecule has 0 aliphatic carbocycles. The zero-order valence-corrected chi connectivity index (χ0v) is 12.2. The van der Waals surface area contributed by atoms with Crippen molar-refractivity contribution in [1.82, 2.24) is 9.97 Å². The Balaban J connectivity index is 2.29. The first-order valence-corrected chi connectivity index (χ1v) is 6.81. The third-order valence-corrected chi connectivity index (χ3v) is 3.74. The minimum absolute atomic E-state index is 0.00771. The van der Waals surface area contributed by atoms with Crippen LogP contribution in [0.4, 0.5) is 0 Å². The van der Waals surface area contributed by atoms with Crippen molar-refractivity contribution in [1.29, 1.82) is 0 Å². The zero-order valence-electron chi connectivity index (χ0n) is 11.5. The standard InChI is InChI=1S/C15H11ClN2O4/c1-7-10(15(20)21)11(8-2-4-9(16)5-3-8)12-13(19)17-6-18-14(12)22-7/h2-6,11H,1H3,(H,20,21)(H,17,18,19). The number of allylic oxidation sites excluding steroid dienone is 1. The molecule has 1 aliphatic heterocycles. The van der Waals surface area contributed by atoms with Gasteiger partial charge in [-0.25, -0.2) is 9.78 Å². The fourth-order valence-electron chi connectivity index (χ4n) is 2.54. The van der Waals surface area contributed by atoms with E-state index in [9.17, 15) is 14.7 Å². The maximum Gasteiger partial charge on any atom is 0.335 e. The molecule has 1 unspecified atom stereocenters. The number of aliphatic carboxylic acids is 1. The van der Waals surface area contributed by atoms with Gasteiger partial charge in [0.15, 0.2) is 0 Å². The minimum Gasteiger partial charge on any atom is -0.478 e. The van der Waals surface area contributed by atoms with Crippen LogP contribution in [0.15, 0.2) is 46.7 Å². The SMILES string of the molecule is CC1=C(C(=O)O)C(c2ccc(Cl)cc2)c2c(nc[nH]c2=O)O1. The molecule has 2 N–H and O–H groups in total. The van der Waals surface area contributed by atoms with Crippen molar-refractivity contribution in [2.75, 3.05) is 0 Å². The van der Waals surface area contributed by atoms with Crippen LogP contribution in [0, 0.1) is 0 Å². The lowest BCUT2D eigenvalue weighted by atomic mass is 9.84. The van der Waals surface area contributed by atoms with Crippen LogP contribution in [-0.2, 0) is 4.79 Å². The number of nitrogens with zero attached hydrogens (tertiary/aromatic N) is 1. The summed E-state index contributed by atoms with van der Waals surface area (Å²) in [5.74, 6) is -1.59. The molecule has 0 bridgehead atoms. The molecule has 1 aliphatic rings. The average Bonchev–Trinajstić information content (AvgIpc) is 2.46. The van der Waals surface area contributed by atoms with E-state index in [0.29, 0.717) is 10.6 Å². The molecule has 0 saturated heterocycles. The van der Waals surface area contributed by atoms with E-state index in [2.05, 4.69) is 9.97 Å². The van der Waals surface area contributed by atoms with E-state index >= 15 is 0 Å². The Labute approximate surface area is 130 Å². The number of carboxylic acids is 1. The molecule has 1 aromatic heterocycles. The van der Waals surface area contributed by atoms with Crippen LogP contribution in [0.1, 0.15) is 24.0 Å². The zero-order chi connectivity index (χ0) is 15.9. The van der Waals surface area contributed by atoms with Crippen molar-refractivity contribution in [2.24, 2.45) is 0 Å². The maximum absolute atomic E-state index is 12.2. The number of H-pyrrole nitrogens is 1. The summed E-state index contributed by atoms with van der Waals surface area (Å²) in [5.41, 5.74) is 0.376. The summed E-state index contributed by atoms with van der Waals surface area (Å²) in [6.07, 6.45) is 1.22. The first kappa shape index (κ1) is 14.3. The van der Waals surface area contributed by atoms with E-state index in [1.54, 1.807) is 24.3 Å². The van der Waals surface area contributed by atoms with Crippen molar-refractivity contribution >= 4 is 17.6 Å². The van der Waals surface area contributed by atoms with Gasteiger partial charge in [0, 0.05) is 5.02 Å². The van der Waals surface area contributed by atoms with Gasteiger partial charge in [-0.2, -0.15) is 0 Å². The summed E-state index contributed by atoms with van der Waals surface area (Å²) < 4.78 is 5.40. The summed E-state index contributed by atoms with van der Waals surface area (Å²) in [4.78, 5) is 30.3. The summed E-state index contributed by atoms with van der Waals surface area (Å²) in [6.45, 7) is 1.54. The van der Waals surface area contributed by atoms with Crippen LogP contribution in [0.5, 0.6) is 5.88 Å². The number of hydrogen-bond donors (Lipinski definition) is 2. The van der Waals surface area contributed by atoms with Gasteiger partial charge in [0.2, 0.25) is 5.88 Å². The lowest BCUT2D eigenvalue weighted by Crippen LogP contribution is -2.28. The van der Waals surface area contributed by atoms with Crippen LogP contribution in [0.3, 0.4) is 0 Å². The van der Waals surface area contributed by atoms with E-state index in [1.807, 2.05) is 0 Å². The predicted octanol–water partition coefficient (Wildman–Crippen LogP) is 2.31. The highest BCUT2D eigenvalue weighted by molar-refractivity contribution is 6.30. The number of ether oxygens (including phenoxy) is 1. The number of benzene rings is 1. The molecule has 7 heteroatoms. The van der Waals surface area contributed by atoms with Gasteiger partial charge in [-0.1, -0.05) is 23.7 Å². The van der Waals surface area contributed by atoms with Crippen molar-refractivity contribution < 1.29 is 14.6 Å². The Morgan fingerprint density at radius 3 is 2.68 bits per heavy atom. The number of aromatic amines is 1. The van der Waals surface area contributed by atoms with Crippen LogP contribution >= 0.6 is 11.6 Å².